The molecule has 0 radical (unpaired) electrons. The van der Waals surface area contributed by atoms with Gasteiger partial charge in [0.05, 0.1) is 5.92 Å². The van der Waals surface area contributed by atoms with Crippen LogP contribution in [0.15, 0.2) is 12.2 Å². The van der Waals surface area contributed by atoms with E-state index in [1.54, 1.807) is 0 Å². The molecule has 0 bridgehead atoms. The third kappa shape index (κ3) is 5.76. The molecule has 0 aliphatic carbocycles. The second-order valence-corrected chi connectivity index (χ2v) is 2.42. The van der Waals surface area contributed by atoms with E-state index < -0.39 is 18.1 Å². The zero-order valence-electron chi connectivity index (χ0n) is 6.43. The van der Waals surface area contributed by atoms with Crippen LogP contribution in [0, 0.1) is 5.92 Å². The lowest BCUT2D eigenvalue weighted by molar-refractivity contribution is -0.141. The van der Waals surface area contributed by atoms with Gasteiger partial charge in [-0.1, -0.05) is 13.0 Å². The van der Waals surface area contributed by atoms with Gasteiger partial charge in [-0.25, -0.2) is 0 Å². The Morgan fingerprint density at radius 2 is 2.08 bits per heavy atom. The van der Waals surface area contributed by atoms with E-state index in [0.29, 0.717) is 0 Å². The van der Waals surface area contributed by atoms with E-state index in [2.05, 4.69) is 0 Å². The summed E-state index contributed by atoms with van der Waals surface area (Å²) in [6.45, 7) is 1.35. The predicted octanol–water partition coefficient (Wildman–Crippen LogP) is 2.22. The van der Waals surface area contributed by atoms with Crippen LogP contribution in [-0.4, -0.2) is 17.3 Å². The highest BCUT2D eigenvalue weighted by atomic mass is 19.4. The maximum atomic E-state index is 11.5. The second kappa shape index (κ2) is 4.13. The van der Waals surface area contributed by atoms with Gasteiger partial charge in [-0.15, -0.1) is 0 Å². The molecular weight excluding hydrogens is 173 g/mol. The van der Waals surface area contributed by atoms with Crippen molar-refractivity contribution < 1.29 is 23.1 Å². The van der Waals surface area contributed by atoms with Crippen molar-refractivity contribution in [3.8, 4) is 0 Å². The monoisotopic (exact) mass is 182 g/mol. The Hall–Kier alpha value is -1.00. The van der Waals surface area contributed by atoms with Crippen molar-refractivity contribution in [3.63, 3.8) is 0 Å². The van der Waals surface area contributed by atoms with Gasteiger partial charge in [0.2, 0.25) is 0 Å². The molecule has 70 valence electrons. The molecule has 0 spiro atoms. The van der Waals surface area contributed by atoms with E-state index in [0.717, 1.165) is 6.08 Å². The molecule has 1 N–H and O–H groups in total. The summed E-state index contributed by atoms with van der Waals surface area (Å²) in [4.78, 5) is 10.1. The summed E-state index contributed by atoms with van der Waals surface area (Å²) < 4.78 is 34.4. The summed E-state index contributed by atoms with van der Waals surface area (Å²) in [5, 5.41) is 8.30. The van der Waals surface area contributed by atoms with Crippen molar-refractivity contribution in [2.24, 2.45) is 5.92 Å². The Morgan fingerprint density at radius 1 is 1.58 bits per heavy atom. The van der Waals surface area contributed by atoms with E-state index in [-0.39, 0.29) is 12.5 Å². The van der Waals surface area contributed by atoms with Crippen LogP contribution >= 0.6 is 0 Å². The molecule has 0 saturated carbocycles. The van der Waals surface area contributed by atoms with Gasteiger partial charge in [0.15, 0.2) is 0 Å². The van der Waals surface area contributed by atoms with E-state index in [1.807, 2.05) is 0 Å². The van der Waals surface area contributed by atoms with E-state index >= 15 is 0 Å². The van der Waals surface area contributed by atoms with Crippen LogP contribution in [0.25, 0.3) is 0 Å². The van der Waals surface area contributed by atoms with E-state index in [9.17, 15) is 18.0 Å². The van der Waals surface area contributed by atoms with Crippen LogP contribution in [0.2, 0.25) is 0 Å². The minimum Gasteiger partial charge on any atom is -0.481 e. The van der Waals surface area contributed by atoms with Crippen molar-refractivity contribution in [3.05, 3.63) is 12.2 Å². The quantitative estimate of drug-likeness (QED) is 0.679. The standard InChI is InChI=1S/C7H9F3O2/c1-5(6(11)12)3-2-4-7(8,9)10/h2,4-5H,3H2,1H3,(H,11,12). The molecule has 0 heterocycles. The zero-order valence-corrected chi connectivity index (χ0v) is 6.43. The van der Waals surface area contributed by atoms with Crippen LogP contribution in [0.4, 0.5) is 13.2 Å². The highest BCUT2D eigenvalue weighted by molar-refractivity contribution is 5.69. The highest BCUT2D eigenvalue weighted by Gasteiger charge is 2.22. The number of carboxylic acid groups (broad SMARTS) is 1. The molecule has 1 unspecified atom stereocenters. The first-order valence-electron chi connectivity index (χ1n) is 3.30. The van der Waals surface area contributed by atoms with Crippen molar-refractivity contribution in [1.29, 1.82) is 0 Å². The van der Waals surface area contributed by atoms with Gasteiger partial charge in [-0.05, 0) is 6.42 Å². The van der Waals surface area contributed by atoms with Gasteiger partial charge in [-0.3, -0.25) is 4.79 Å². The van der Waals surface area contributed by atoms with Crippen molar-refractivity contribution in [2.45, 2.75) is 19.5 Å². The van der Waals surface area contributed by atoms with Gasteiger partial charge in [0.25, 0.3) is 0 Å². The number of allylic oxidation sites excluding steroid dienone is 2. The van der Waals surface area contributed by atoms with Gasteiger partial charge < -0.3 is 5.11 Å². The number of hydrogen-bond donors (Lipinski definition) is 1. The molecule has 0 rings (SSSR count). The molecule has 0 aromatic heterocycles. The fourth-order valence-electron chi connectivity index (χ4n) is 0.507. The summed E-state index contributed by atoms with van der Waals surface area (Å²) in [5.41, 5.74) is 0. The number of rotatable bonds is 3. The van der Waals surface area contributed by atoms with Crippen molar-refractivity contribution in [2.75, 3.05) is 0 Å². The van der Waals surface area contributed by atoms with E-state index in [1.165, 1.54) is 6.92 Å². The molecular formula is C7H9F3O2. The van der Waals surface area contributed by atoms with Gasteiger partial charge in [-0.2, -0.15) is 13.2 Å². The summed E-state index contributed by atoms with van der Waals surface area (Å²) in [6, 6.07) is 0. The molecule has 0 saturated heterocycles. The lowest BCUT2D eigenvalue weighted by Crippen LogP contribution is -2.08. The fourth-order valence-corrected chi connectivity index (χ4v) is 0.507. The molecule has 0 aromatic rings. The first kappa shape index (κ1) is 11.0. The SMILES string of the molecule is CC(CC=CC(F)(F)F)C(=O)O. The number of alkyl halides is 3. The van der Waals surface area contributed by atoms with Gasteiger partial charge >= 0.3 is 12.1 Å². The maximum Gasteiger partial charge on any atom is 0.409 e. The molecule has 2 nitrogen and oxygen atoms in total. The Bertz CT molecular complexity index is 184. The lowest BCUT2D eigenvalue weighted by Gasteiger charge is -2.01. The van der Waals surface area contributed by atoms with Crippen molar-refractivity contribution in [1.82, 2.24) is 0 Å². The third-order valence-corrected chi connectivity index (χ3v) is 1.22. The second-order valence-electron chi connectivity index (χ2n) is 2.42. The Labute approximate surface area is 67.7 Å². The van der Waals surface area contributed by atoms with Crippen LogP contribution in [0.1, 0.15) is 13.3 Å². The van der Waals surface area contributed by atoms with Crippen LogP contribution < -0.4 is 0 Å². The zero-order chi connectivity index (χ0) is 9.78. The number of hydrogen-bond acceptors (Lipinski definition) is 1. The minimum atomic E-state index is -4.35. The Balaban J connectivity index is 3.83. The number of halogens is 3. The summed E-state index contributed by atoms with van der Waals surface area (Å²) in [7, 11) is 0. The molecule has 0 aliphatic rings. The average Bonchev–Trinajstić information content (AvgIpc) is 1.84. The third-order valence-electron chi connectivity index (χ3n) is 1.22. The molecule has 0 amide bonds. The summed E-state index contributed by atoms with van der Waals surface area (Å²) in [6.07, 6.45) is -3.59. The molecule has 0 aromatic carbocycles. The molecule has 0 fully saturated rings. The molecule has 0 aliphatic heterocycles. The smallest absolute Gasteiger partial charge is 0.409 e. The lowest BCUT2D eigenvalue weighted by atomic mass is 10.1. The molecule has 5 heteroatoms. The topological polar surface area (TPSA) is 37.3 Å². The Morgan fingerprint density at radius 3 is 2.42 bits per heavy atom. The normalized spacial score (nSPS) is 15.0. The van der Waals surface area contributed by atoms with Crippen LogP contribution in [0.5, 0.6) is 0 Å². The largest absolute Gasteiger partial charge is 0.481 e. The van der Waals surface area contributed by atoms with Gasteiger partial charge in [0.1, 0.15) is 0 Å². The average molecular weight is 182 g/mol. The first-order valence-corrected chi connectivity index (χ1v) is 3.30. The molecule has 1 atom stereocenters. The number of aliphatic carboxylic acids is 1. The Kier molecular flexibility index (Phi) is 3.79. The van der Waals surface area contributed by atoms with Crippen LogP contribution in [0.3, 0.4) is 0 Å². The van der Waals surface area contributed by atoms with E-state index in [4.69, 9.17) is 5.11 Å². The summed E-state index contributed by atoms with van der Waals surface area (Å²) in [5.74, 6) is -1.87. The van der Waals surface area contributed by atoms with Crippen molar-refractivity contribution >= 4 is 5.97 Å². The van der Waals surface area contributed by atoms with Gasteiger partial charge in [0, 0.05) is 6.08 Å². The summed E-state index contributed by atoms with van der Waals surface area (Å²) >= 11 is 0. The highest BCUT2D eigenvalue weighted by Crippen LogP contribution is 2.17. The minimum absolute atomic E-state index is 0.0481. The maximum absolute atomic E-state index is 11.5. The number of carboxylic acids is 1. The van der Waals surface area contributed by atoms with Crippen LogP contribution in [-0.2, 0) is 4.79 Å². The number of carbonyl (C=O) groups is 1. The fraction of sp³-hybridized carbons (Fsp3) is 0.571. The molecule has 12 heavy (non-hydrogen) atoms. The predicted molar refractivity (Wildman–Crippen MR) is 36.6 cm³/mol. The first-order chi connectivity index (χ1) is 5.33.